The molecule has 3 heteroatoms. The Morgan fingerprint density at radius 1 is 1.23 bits per heavy atom. The summed E-state index contributed by atoms with van der Waals surface area (Å²) in [4.78, 5) is 2.86. The van der Waals surface area contributed by atoms with Crippen LogP contribution in [0.4, 0.5) is 0 Å². The highest BCUT2D eigenvalue weighted by Crippen LogP contribution is 2.92. The number of phenolic OH excluding ortho intramolecular Hbond substituents is 1. The van der Waals surface area contributed by atoms with Crippen molar-refractivity contribution in [2.24, 2.45) is 22.7 Å². The predicted octanol–water partition coefficient (Wildman–Crippen LogP) is 2.83. The highest BCUT2D eigenvalue weighted by Gasteiger charge is 2.94. The van der Waals surface area contributed by atoms with Gasteiger partial charge in [-0.05, 0) is 74.2 Å². The number of hydrogen-bond donors (Lipinski definition) is 2. The van der Waals surface area contributed by atoms with Crippen LogP contribution < -0.4 is 5.32 Å². The van der Waals surface area contributed by atoms with Crippen molar-refractivity contribution in [1.29, 1.82) is 0 Å². The van der Waals surface area contributed by atoms with Crippen LogP contribution in [0.1, 0.15) is 36.8 Å². The van der Waals surface area contributed by atoms with Crippen molar-refractivity contribution in [2.75, 3.05) is 20.1 Å². The fourth-order valence-electron chi connectivity index (χ4n) is 8.59. The van der Waals surface area contributed by atoms with Crippen LogP contribution in [0.5, 0.6) is 5.75 Å². The van der Waals surface area contributed by atoms with Gasteiger partial charge in [0, 0.05) is 41.4 Å². The fourth-order valence-corrected chi connectivity index (χ4v) is 8.59. The van der Waals surface area contributed by atoms with Crippen molar-refractivity contribution in [3.8, 4) is 5.75 Å². The number of nitrogens with zero attached hydrogens (tertiary/aromatic N) is 1. The van der Waals surface area contributed by atoms with Gasteiger partial charge < -0.3 is 10.4 Å². The first-order chi connectivity index (χ1) is 12.6. The normalized spacial score (nSPS) is 49.7. The van der Waals surface area contributed by atoms with Crippen LogP contribution in [0.15, 0.2) is 30.4 Å². The molecule has 4 fully saturated rings. The predicted molar refractivity (Wildman–Crippen MR) is 101 cm³/mol. The van der Waals surface area contributed by atoms with Gasteiger partial charge in [0.2, 0.25) is 0 Å². The Kier molecular flexibility index (Phi) is 2.39. The van der Waals surface area contributed by atoms with Gasteiger partial charge in [0.25, 0.3) is 0 Å². The maximum absolute atomic E-state index is 10.3. The minimum Gasteiger partial charge on any atom is -0.508 e. The smallest absolute Gasteiger partial charge is 0.115 e. The zero-order chi connectivity index (χ0) is 17.3. The van der Waals surface area contributed by atoms with E-state index in [1.807, 2.05) is 6.07 Å². The van der Waals surface area contributed by atoms with E-state index >= 15 is 0 Å². The number of nitrogens with one attached hydrogen (secondary N) is 1. The Morgan fingerprint density at radius 3 is 2.92 bits per heavy atom. The number of phenols is 1. The number of fused-ring (bicyclic) bond motifs is 2. The molecule has 1 heterocycles. The van der Waals surface area contributed by atoms with Gasteiger partial charge in [-0.3, -0.25) is 4.90 Å². The molecule has 26 heavy (non-hydrogen) atoms. The Bertz CT molecular complexity index is 860. The average Bonchev–Trinajstić information content (AvgIpc) is 3.47. The molecule has 3 saturated carbocycles. The summed E-state index contributed by atoms with van der Waals surface area (Å²) in [6.07, 6.45) is 11.8. The zero-order valence-electron chi connectivity index (χ0n) is 15.5. The Morgan fingerprint density at radius 2 is 2.12 bits per heavy atom. The van der Waals surface area contributed by atoms with E-state index in [0.717, 1.165) is 5.92 Å². The van der Waals surface area contributed by atoms with E-state index in [0.29, 0.717) is 40.0 Å². The van der Waals surface area contributed by atoms with Crippen LogP contribution in [-0.4, -0.2) is 42.2 Å². The molecule has 5 aliphatic carbocycles. The summed E-state index contributed by atoms with van der Waals surface area (Å²) in [5.41, 5.74) is 4.17. The van der Waals surface area contributed by atoms with Gasteiger partial charge in [-0.1, -0.05) is 18.2 Å². The molecule has 0 aromatic heterocycles. The van der Waals surface area contributed by atoms with E-state index < -0.39 is 0 Å². The average molecular weight is 348 g/mol. The second kappa shape index (κ2) is 4.23. The van der Waals surface area contributed by atoms with Gasteiger partial charge >= 0.3 is 0 Å². The molecular weight excluding hydrogens is 320 g/mol. The van der Waals surface area contributed by atoms with E-state index in [9.17, 15) is 5.11 Å². The van der Waals surface area contributed by atoms with Gasteiger partial charge in [-0.2, -0.15) is 0 Å². The monoisotopic (exact) mass is 348 g/mol. The highest BCUT2D eigenvalue weighted by molar-refractivity contribution is 5.64. The fraction of sp³-hybridized carbons (Fsp3) is 0.652. The second-order valence-electron chi connectivity index (χ2n) is 10.1. The number of aromatic hydroxyl groups is 1. The molecule has 3 nitrogen and oxygen atoms in total. The van der Waals surface area contributed by atoms with Crippen molar-refractivity contribution in [3.05, 3.63) is 41.5 Å². The maximum atomic E-state index is 10.3. The van der Waals surface area contributed by atoms with E-state index in [2.05, 4.69) is 41.5 Å². The van der Waals surface area contributed by atoms with Crippen molar-refractivity contribution in [2.45, 2.75) is 49.6 Å². The lowest BCUT2D eigenvalue weighted by molar-refractivity contribution is 0.106. The summed E-state index contributed by atoms with van der Waals surface area (Å²) in [6.45, 7) is 2.59. The molecule has 2 bridgehead atoms. The lowest BCUT2D eigenvalue weighted by atomic mass is 9.62. The van der Waals surface area contributed by atoms with E-state index in [-0.39, 0.29) is 0 Å². The first-order valence-corrected chi connectivity index (χ1v) is 10.6. The molecule has 3 spiro atoms. The molecule has 1 aliphatic heterocycles. The summed E-state index contributed by atoms with van der Waals surface area (Å²) >= 11 is 0. The first kappa shape index (κ1) is 14.7. The third kappa shape index (κ3) is 1.30. The molecule has 1 aromatic carbocycles. The first-order valence-electron chi connectivity index (χ1n) is 10.6. The van der Waals surface area contributed by atoms with Crippen molar-refractivity contribution in [1.82, 2.24) is 10.2 Å². The Hall–Kier alpha value is -1.32. The summed E-state index contributed by atoms with van der Waals surface area (Å²) < 4.78 is 0. The zero-order valence-corrected chi connectivity index (χ0v) is 15.5. The number of hydrogen-bond acceptors (Lipinski definition) is 3. The minimum absolute atomic E-state index is 0.299. The van der Waals surface area contributed by atoms with Crippen LogP contribution in [-0.2, 0) is 11.8 Å². The Labute approximate surface area is 155 Å². The van der Waals surface area contributed by atoms with Crippen LogP contribution in [0.25, 0.3) is 0 Å². The quantitative estimate of drug-likeness (QED) is 0.825. The van der Waals surface area contributed by atoms with Crippen LogP contribution >= 0.6 is 0 Å². The summed E-state index contributed by atoms with van der Waals surface area (Å²) in [7, 11) is 2.14. The summed E-state index contributed by atoms with van der Waals surface area (Å²) in [5.74, 6) is 2.10. The molecule has 1 saturated heterocycles. The van der Waals surface area contributed by atoms with Crippen molar-refractivity contribution >= 4 is 0 Å². The van der Waals surface area contributed by atoms with Crippen molar-refractivity contribution < 1.29 is 5.11 Å². The third-order valence-corrected chi connectivity index (χ3v) is 9.49. The van der Waals surface area contributed by atoms with Crippen LogP contribution in [0.3, 0.4) is 0 Å². The summed E-state index contributed by atoms with van der Waals surface area (Å²) in [5, 5.41) is 13.9. The Balaban J connectivity index is 1.43. The van der Waals surface area contributed by atoms with Gasteiger partial charge in [0.1, 0.15) is 5.75 Å². The molecule has 6 atom stereocenters. The third-order valence-electron chi connectivity index (χ3n) is 9.49. The number of rotatable bonds is 3. The number of piperidine rings is 1. The second-order valence-corrected chi connectivity index (χ2v) is 10.1. The molecular formula is C23H28N2O. The number of likely N-dealkylation sites (tertiary alicyclic amines) is 1. The van der Waals surface area contributed by atoms with Gasteiger partial charge in [0.15, 0.2) is 0 Å². The molecule has 5 unspecified atom stereocenters. The molecule has 136 valence electrons. The topological polar surface area (TPSA) is 35.5 Å². The molecule has 6 aliphatic rings. The SMILES string of the molecule is CN[C@H]1CC23c4cc(O)ccc4CC24CN(CC2CC2)C2C=CC1CC243. The van der Waals surface area contributed by atoms with E-state index in [1.54, 1.807) is 0 Å². The van der Waals surface area contributed by atoms with E-state index in [4.69, 9.17) is 0 Å². The standard InChI is InChI=1S/C23H28N2O/c1-24-19-11-22-18-8-17(26)6-4-15(18)9-21(22)13-25(12-14-2-3-14)20-7-5-16(19)10-23(20,21)22/h4-8,14,16,19-20,24,26H,2-3,9-13H2,1H3/t16?,19-,20?,21?,22?,23?/m0/s1. The maximum Gasteiger partial charge on any atom is 0.115 e. The molecule has 0 amide bonds. The highest BCUT2D eigenvalue weighted by atomic mass is 16.3. The number of benzene rings is 1. The summed E-state index contributed by atoms with van der Waals surface area (Å²) in [6, 6.07) is 7.45. The van der Waals surface area contributed by atoms with Gasteiger partial charge in [-0.25, -0.2) is 0 Å². The lowest BCUT2D eigenvalue weighted by Gasteiger charge is -2.48. The minimum atomic E-state index is 0.299. The molecule has 2 N–H and O–H groups in total. The van der Waals surface area contributed by atoms with Gasteiger partial charge in [0.05, 0.1) is 0 Å². The van der Waals surface area contributed by atoms with E-state index in [1.165, 1.54) is 56.3 Å². The van der Waals surface area contributed by atoms with Crippen LogP contribution in [0.2, 0.25) is 0 Å². The van der Waals surface area contributed by atoms with Gasteiger partial charge in [-0.15, -0.1) is 0 Å². The van der Waals surface area contributed by atoms with Crippen LogP contribution in [0, 0.1) is 22.7 Å². The lowest BCUT2D eigenvalue weighted by Crippen LogP contribution is -2.53. The molecule has 7 rings (SSSR count). The largest absolute Gasteiger partial charge is 0.508 e. The molecule has 1 aromatic rings. The van der Waals surface area contributed by atoms with Crippen molar-refractivity contribution in [3.63, 3.8) is 0 Å². The molecule has 0 radical (unpaired) electrons.